The van der Waals surface area contributed by atoms with E-state index >= 15 is 0 Å². The molecule has 6 heteroatoms. The molecule has 0 aromatic heterocycles. The lowest BCUT2D eigenvalue weighted by Crippen LogP contribution is -2.46. The number of amides is 2. The van der Waals surface area contributed by atoms with Crippen molar-refractivity contribution in [2.45, 2.75) is 31.7 Å². The zero-order valence-corrected chi connectivity index (χ0v) is 11.8. The maximum atomic E-state index is 12.4. The molecular formula is C15H20N2O4. The van der Waals surface area contributed by atoms with Crippen LogP contribution >= 0.6 is 0 Å². The first-order valence-corrected chi connectivity index (χ1v) is 7.14. The summed E-state index contributed by atoms with van der Waals surface area (Å²) < 4.78 is 0. The fourth-order valence-corrected chi connectivity index (χ4v) is 2.68. The molecule has 1 atom stereocenters. The first-order valence-electron chi connectivity index (χ1n) is 7.14. The molecule has 0 radical (unpaired) electrons. The topological polar surface area (TPSA) is 89.9 Å². The number of nitrogens with one attached hydrogen (secondary N) is 1. The summed E-state index contributed by atoms with van der Waals surface area (Å²) in [5.41, 5.74) is 0.366. The number of urea groups is 1. The van der Waals surface area contributed by atoms with E-state index in [1.807, 2.05) is 0 Å². The van der Waals surface area contributed by atoms with Crippen LogP contribution in [0.3, 0.4) is 0 Å². The number of carbonyl (C=O) groups excluding carboxylic acids is 1. The molecule has 2 amide bonds. The Kier molecular flexibility index (Phi) is 5.16. The Morgan fingerprint density at radius 1 is 1.29 bits per heavy atom. The molecule has 0 aliphatic carbocycles. The summed E-state index contributed by atoms with van der Waals surface area (Å²) in [6.07, 6.45) is 3.39. The largest absolute Gasteiger partial charge is 0.478 e. The van der Waals surface area contributed by atoms with E-state index in [9.17, 15) is 9.59 Å². The lowest BCUT2D eigenvalue weighted by molar-refractivity contribution is 0.0698. The van der Waals surface area contributed by atoms with E-state index in [4.69, 9.17) is 10.2 Å². The fraction of sp³-hybridized carbons (Fsp3) is 0.467. The lowest BCUT2D eigenvalue weighted by atomic mass is 10.00. The van der Waals surface area contributed by atoms with E-state index in [1.54, 1.807) is 23.1 Å². The fourth-order valence-electron chi connectivity index (χ4n) is 2.68. The second-order valence-corrected chi connectivity index (χ2v) is 5.14. The van der Waals surface area contributed by atoms with Crippen LogP contribution in [-0.2, 0) is 0 Å². The van der Waals surface area contributed by atoms with Gasteiger partial charge in [0, 0.05) is 19.2 Å². The first-order chi connectivity index (χ1) is 10.1. The van der Waals surface area contributed by atoms with Crippen molar-refractivity contribution in [3.8, 4) is 0 Å². The number of carboxylic acids is 1. The van der Waals surface area contributed by atoms with Gasteiger partial charge in [0.2, 0.25) is 0 Å². The predicted molar refractivity (Wildman–Crippen MR) is 78.5 cm³/mol. The van der Waals surface area contributed by atoms with Crippen molar-refractivity contribution < 1.29 is 19.8 Å². The highest BCUT2D eigenvalue weighted by atomic mass is 16.4. The van der Waals surface area contributed by atoms with Gasteiger partial charge in [0.1, 0.15) is 0 Å². The number of rotatable bonds is 4. The van der Waals surface area contributed by atoms with Crippen LogP contribution in [-0.4, -0.2) is 46.3 Å². The van der Waals surface area contributed by atoms with Crippen molar-refractivity contribution in [3.63, 3.8) is 0 Å². The Balaban J connectivity index is 2.11. The number of aliphatic hydroxyl groups is 1. The monoisotopic (exact) mass is 292 g/mol. The van der Waals surface area contributed by atoms with Crippen molar-refractivity contribution in [1.82, 2.24) is 4.90 Å². The minimum Gasteiger partial charge on any atom is -0.478 e. The van der Waals surface area contributed by atoms with Crippen molar-refractivity contribution in [2.24, 2.45) is 0 Å². The molecular weight excluding hydrogens is 272 g/mol. The van der Waals surface area contributed by atoms with Crippen LogP contribution in [0.25, 0.3) is 0 Å². The van der Waals surface area contributed by atoms with Crippen molar-refractivity contribution in [1.29, 1.82) is 0 Å². The molecule has 1 heterocycles. The van der Waals surface area contributed by atoms with Crippen molar-refractivity contribution >= 4 is 17.7 Å². The van der Waals surface area contributed by atoms with E-state index in [2.05, 4.69) is 5.32 Å². The standard InChI is InChI=1S/C15H20N2O4/c18-10-8-11-5-3-4-9-17(11)15(21)16-13-7-2-1-6-12(13)14(19)20/h1-2,6-7,11,18H,3-5,8-10H2,(H,16,21)(H,19,20). The Morgan fingerprint density at radius 2 is 2.05 bits per heavy atom. The molecule has 0 spiro atoms. The quantitative estimate of drug-likeness (QED) is 0.793. The maximum absolute atomic E-state index is 12.4. The molecule has 3 N–H and O–H groups in total. The van der Waals surface area contributed by atoms with Crippen LogP contribution in [0.15, 0.2) is 24.3 Å². The number of benzene rings is 1. The molecule has 6 nitrogen and oxygen atoms in total. The highest BCUT2D eigenvalue weighted by Crippen LogP contribution is 2.22. The van der Waals surface area contributed by atoms with Crippen LogP contribution in [0.5, 0.6) is 0 Å². The molecule has 0 bridgehead atoms. The van der Waals surface area contributed by atoms with Gasteiger partial charge >= 0.3 is 12.0 Å². The van der Waals surface area contributed by atoms with Crippen LogP contribution in [0.2, 0.25) is 0 Å². The molecule has 1 saturated heterocycles. The van der Waals surface area contributed by atoms with E-state index in [1.165, 1.54) is 6.07 Å². The SMILES string of the molecule is O=C(O)c1ccccc1NC(=O)N1CCCCC1CCO. The second kappa shape index (κ2) is 7.08. The summed E-state index contributed by atoms with van der Waals surface area (Å²) in [6, 6.07) is 6.05. The minimum atomic E-state index is -1.07. The molecule has 1 unspecified atom stereocenters. The Hall–Kier alpha value is -2.08. The zero-order chi connectivity index (χ0) is 15.2. The summed E-state index contributed by atoms with van der Waals surface area (Å²) in [7, 11) is 0. The molecule has 0 saturated carbocycles. The number of anilines is 1. The average molecular weight is 292 g/mol. The van der Waals surface area contributed by atoms with Crippen LogP contribution in [0, 0.1) is 0 Å². The summed E-state index contributed by atoms with van der Waals surface area (Å²) in [4.78, 5) is 25.2. The zero-order valence-electron chi connectivity index (χ0n) is 11.8. The normalized spacial score (nSPS) is 18.3. The van der Waals surface area contributed by atoms with Gasteiger partial charge in [0.25, 0.3) is 0 Å². The second-order valence-electron chi connectivity index (χ2n) is 5.14. The molecule has 2 rings (SSSR count). The molecule has 21 heavy (non-hydrogen) atoms. The molecule has 1 fully saturated rings. The van der Waals surface area contributed by atoms with E-state index in [-0.39, 0.29) is 24.2 Å². The number of hydrogen-bond donors (Lipinski definition) is 3. The van der Waals surface area contributed by atoms with Gasteiger partial charge in [-0.2, -0.15) is 0 Å². The van der Waals surface area contributed by atoms with Gasteiger partial charge < -0.3 is 20.4 Å². The Labute approximate surface area is 123 Å². The third-order valence-corrected chi connectivity index (χ3v) is 3.75. The smallest absolute Gasteiger partial charge is 0.337 e. The number of aliphatic hydroxyl groups excluding tert-OH is 1. The molecule has 1 aliphatic rings. The third kappa shape index (κ3) is 3.72. The number of piperidine rings is 1. The van der Waals surface area contributed by atoms with Gasteiger partial charge in [-0.25, -0.2) is 9.59 Å². The highest BCUT2D eigenvalue weighted by Gasteiger charge is 2.26. The van der Waals surface area contributed by atoms with Gasteiger partial charge in [-0.05, 0) is 37.8 Å². The van der Waals surface area contributed by atoms with Gasteiger partial charge in [0.05, 0.1) is 11.3 Å². The van der Waals surface area contributed by atoms with E-state index < -0.39 is 5.97 Å². The maximum Gasteiger partial charge on any atom is 0.337 e. The Morgan fingerprint density at radius 3 is 2.76 bits per heavy atom. The van der Waals surface area contributed by atoms with Crippen molar-refractivity contribution in [3.05, 3.63) is 29.8 Å². The van der Waals surface area contributed by atoms with Crippen molar-refractivity contribution in [2.75, 3.05) is 18.5 Å². The summed E-state index contributed by atoms with van der Waals surface area (Å²) >= 11 is 0. The first kappa shape index (κ1) is 15.3. The van der Waals surface area contributed by atoms with Crippen LogP contribution < -0.4 is 5.32 Å². The molecule has 1 aromatic rings. The third-order valence-electron chi connectivity index (χ3n) is 3.75. The molecule has 1 aromatic carbocycles. The molecule has 114 valence electrons. The number of aromatic carboxylic acids is 1. The predicted octanol–water partition coefficient (Wildman–Crippen LogP) is 2.15. The highest BCUT2D eigenvalue weighted by molar-refractivity contribution is 6.00. The summed E-state index contributed by atoms with van der Waals surface area (Å²) in [5.74, 6) is -1.07. The van der Waals surface area contributed by atoms with Gasteiger partial charge in [-0.3, -0.25) is 0 Å². The number of carboxylic acid groups (broad SMARTS) is 1. The number of para-hydroxylation sites is 1. The van der Waals surface area contributed by atoms with E-state index in [0.717, 1.165) is 19.3 Å². The number of hydrogen-bond acceptors (Lipinski definition) is 3. The lowest BCUT2D eigenvalue weighted by Gasteiger charge is -2.35. The summed E-state index contributed by atoms with van der Waals surface area (Å²) in [5, 5.41) is 20.9. The van der Waals surface area contributed by atoms with Gasteiger partial charge in [-0.1, -0.05) is 12.1 Å². The number of nitrogens with zero attached hydrogens (tertiary/aromatic N) is 1. The van der Waals surface area contributed by atoms with Crippen LogP contribution in [0.1, 0.15) is 36.0 Å². The average Bonchev–Trinajstić information content (AvgIpc) is 2.48. The van der Waals surface area contributed by atoms with Crippen LogP contribution in [0.4, 0.5) is 10.5 Å². The van der Waals surface area contributed by atoms with Gasteiger partial charge in [-0.15, -0.1) is 0 Å². The van der Waals surface area contributed by atoms with Gasteiger partial charge in [0.15, 0.2) is 0 Å². The minimum absolute atomic E-state index is 0.0146. The number of carbonyl (C=O) groups is 2. The van der Waals surface area contributed by atoms with E-state index in [0.29, 0.717) is 18.7 Å². The number of likely N-dealkylation sites (tertiary alicyclic amines) is 1. The molecule has 1 aliphatic heterocycles. The Bertz CT molecular complexity index is 516. The summed E-state index contributed by atoms with van der Waals surface area (Å²) in [6.45, 7) is 0.673.